The Bertz CT molecular complexity index is 704. The van der Waals surface area contributed by atoms with E-state index in [1.807, 2.05) is 0 Å². The minimum Gasteiger partial charge on any atom is -0.369 e. The zero-order valence-electron chi connectivity index (χ0n) is 10.4. The molecule has 0 saturated carbocycles. The second kappa shape index (κ2) is 5.71. The summed E-state index contributed by atoms with van der Waals surface area (Å²) in [5.74, 6) is 0.522. The number of nitrogens with zero attached hydrogens (tertiary/aromatic N) is 2. The maximum Gasteiger partial charge on any atom is 0.350 e. The van der Waals surface area contributed by atoms with Crippen molar-refractivity contribution < 1.29 is 19.1 Å². The van der Waals surface area contributed by atoms with Crippen LogP contribution in [-0.2, 0) is 15.7 Å². The number of nitrogen functional groups attached to an aromatic ring is 1. The van der Waals surface area contributed by atoms with Gasteiger partial charge in [-0.1, -0.05) is 0 Å². The van der Waals surface area contributed by atoms with E-state index in [-0.39, 0.29) is 23.7 Å². The Labute approximate surface area is 112 Å². The molecule has 0 spiro atoms. The standard InChI is InChI=1S/C9H14N5O5P/c10-9-13-7-6(8(15)14-9)11-5(12-7)2-1-3-19-4-20(16,17)18/h1-4H2,(H2,16,17,18)(H4,10,11,12,13,14,15). The van der Waals surface area contributed by atoms with Crippen molar-refractivity contribution in [1.82, 2.24) is 19.9 Å². The molecule has 0 saturated heterocycles. The molecule has 0 aliphatic carbocycles. The van der Waals surface area contributed by atoms with Crippen molar-refractivity contribution in [2.45, 2.75) is 12.8 Å². The van der Waals surface area contributed by atoms with Crippen LogP contribution in [0.1, 0.15) is 12.2 Å². The summed E-state index contributed by atoms with van der Waals surface area (Å²) in [5, 5.41) is 0. The summed E-state index contributed by atoms with van der Waals surface area (Å²) in [6, 6.07) is 0. The number of ether oxygens (including phenoxy) is 1. The number of nitrogens with one attached hydrogen (secondary N) is 2. The second-order valence-electron chi connectivity index (χ2n) is 4.14. The van der Waals surface area contributed by atoms with Gasteiger partial charge >= 0.3 is 7.60 Å². The molecule has 6 N–H and O–H groups in total. The van der Waals surface area contributed by atoms with Crippen LogP contribution < -0.4 is 11.3 Å². The number of hydrogen-bond acceptors (Lipinski definition) is 6. The predicted molar refractivity (Wildman–Crippen MR) is 70.1 cm³/mol. The van der Waals surface area contributed by atoms with Gasteiger partial charge in [-0.05, 0) is 6.42 Å². The minimum absolute atomic E-state index is 0.00877. The molecule has 0 atom stereocenters. The smallest absolute Gasteiger partial charge is 0.350 e. The molecule has 11 heteroatoms. The molecule has 110 valence electrons. The Balaban J connectivity index is 1.93. The normalized spacial score (nSPS) is 12.1. The van der Waals surface area contributed by atoms with E-state index in [0.717, 1.165) is 0 Å². The molecule has 0 aromatic carbocycles. The molecule has 20 heavy (non-hydrogen) atoms. The number of H-pyrrole nitrogens is 2. The third-order valence-corrected chi connectivity index (χ3v) is 2.91. The molecule has 0 bridgehead atoms. The first-order valence-electron chi connectivity index (χ1n) is 5.72. The molecule has 10 nitrogen and oxygen atoms in total. The van der Waals surface area contributed by atoms with Gasteiger partial charge in [0.2, 0.25) is 5.95 Å². The molecular weight excluding hydrogens is 289 g/mol. The molecule has 0 amide bonds. The van der Waals surface area contributed by atoms with Crippen LogP contribution in [0.2, 0.25) is 0 Å². The first-order valence-corrected chi connectivity index (χ1v) is 7.51. The second-order valence-corrected chi connectivity index (χ2v) is 5.73. The molecule has 0 fully saturated rings. The lowest BCUT2D eigenvalue weighted by Gasteiger charge is -2.04. The van der Waals surface area contributed by atoms with E-state index < -0.39 is 19.5 Å². The van der Waals surface area contributed by atoms with E-state index in [1.165, 1.54) is 0 Å². The fourth-order valence-electron chi connectivity index (χ4n) is 1.62. The van der Waals surface area contributed by atoms with Gasteiger partial charge in [0.15, 0.2) is 11.2 Å². The van der Waals surface area contributed by atoms with Crippen LogP contribution in [0.3, 0.4) is 0 Å². The van der Waals surface area contributed by atoms with Gasteiger partial charge in [-0.3, -0.25) is 14.3 Å². The molecular formula is C9H14N5O5P. The zero-order valence-corrected chi connectivity index (χ0v) is 11.3. The Morgan fingerprint density at radius 3 is 2.75 bits per heavy atom. The third kappa shape index (κ3) is 3.87. The largest absolute Gasteiger partial charge is 0.369 e. The number of hydrogen-bond donors (Lipinski definition) is 5. The fourth-order valence-corrected chi connectivity index (χ4v) is 1.98. The van der Waals surface area contributed by atoms with Crippen molar-refractivity contribution in [2.75, 3.05) is 18.7 Å². The summed E-state index contributed by atoms with van der Waals surface area (Å²) in [4.78, 5) is 41.9. The van der Waals surface area contributed by atoms with Gasteiger partial charge in [-0.15, -0.1) is 0 Å². The van der Waals surface area contributed by atoms with Crippen molar-refractivity contribution in [3.05, 3.63) is 16.2 Å². The van der Waals surface area contributed by atoms with E-state index in [1.54, 1.807) is 0 Å². The highest BCUT2D eigenvalue weighted by molar-refractivity contribution is 7.51. The first-order chi connectivity index (χ1) is 9.35. The monoisotopic (exact) mass is 303 g/mol. The summed E-state index contributed by atoms with van der Waals surface area (Å²) in [5.41, 5.74) is 5.48. The first kappa shape index (κ1) is 14.7. The quantitative estimate of drug-likeness (QED) is 0.345. The molecule has 0 aliphatic rings. The number of rotatable bonds is 6. The average Bonchev–Trinajstić information content (AvgIpc) is 2.70. The number of aryl methyl sites for hydroxylation is 1. The zero-order chi connectivity index (χ0) is 14.8. The maximum absolute atomic E-state index is 11.5. The van der Waals surface area contributed by atoms with E-state index in [4.69, 9.17) is 20.3 Å². The summed E-state index contributed by atoms with van der Waals surface area (Å²) in [6.07, 6.45) is 0.342. The molecule has 0 radical (unpaired) electrons. The Kier molecular flexibility index (Phi) is 4.19. The molecule has 0 aliphatic heterocycles. The Morgan fingerprint density at radius 2 is 2.05 bits per heavy atom. The highest BCUT2D eigenvalue weighted by Crippen LogP contribution is 2.33. The Morgan fingerprint density at radius 1 is 1.30 bits per heavy atom. The summed E-state index contributed by atoms with van der Waals surface area (Å²) in [7, 11) is -4.13. The summed E-state index contributed by atoms with van der Waals surface area (Å²) >= 11 is 0. The summed E-state index contributed by atoms with van der Waals surface area (Å²) in [6.45, 7) is 0.175. The number of aromatic amines is 2. The van der Waals surface area contributed by atoms with Gasteiger partial charge in [0.1, 0.15) is 12.2 Å². The van der Waals surface area contributed by atoms with Crippen molar-refractivity contribution in [3.63, 3.8) is 0 Å². The van der Waals surface area contributed by atoms with Crippen LogP contribution in [0.25, 0.3) is 11.2 Å². The van der Waals surface area contributed by atoms with Crippen LogP contribution in [0, 0.1) is 0 Å². The van der Waals surface area contributed by atoms with Gasteiger partial charge in [-0.2, -0.15) is 4.98 Å². The van der Waals surface area contributed by atoms with Crippen LogP contribution >= 0.6 is 7.60 Å². The maximum atomic E-state index is 11.5. The highest BCUT2D eigenvalue weighted by Gasteiger charge is 2.12. The van der Waals surface area contributed by atoms with Crippen LogP contribution in [0.4, 0.5) is 5.95 Å². The number of anilines is 1. The predicted octanol–water partition coefficient (Wildman–Crippen LogP) is -0.687. The topological polar surface area (TPSA) is 167 Å². The molecule has 2 aromatic heterocycles. The van der Waals surface area contributed by atoms with Crippen LogP contribution in [-0.4, -0.2) is 42.7 Å². The Hall–Kier alpha value is -1.74. The lowest BCUT2D eigenvalue weighted by molar-refractivity contribution is 0.154. The number of imidazole rings is 1. The average molecular weight is 303 g/mol. The van der Waals surface area contributed by atoms with Gasteiger partial charge < -0.3 is 25.2 Å². The molecule has 2 heterocycles. The molecule has 2 aromatic rings. The van der Waals surface area contributed by atoms with Crippen LogP contribution in [0.5, 0.6) is 0 Å². The lowest BCUT2D eigenvalue weighted by Crippen LogP contribution is -2.10. The van der Waals surface area contributed by atoms with E-state index in [9.17, 15) is 9.36 Å². The van der Waals surface area contributed by atoms with Gasteiger partial charge in [0.05, 0.1) is 0 Å². The number of aromatic nitrogens is 4. The van der Waals surface area contributed by atoms with Crippen molar-refractivity contribution in [2.24, 2.45) is 0 Å². The van der Waals surface area contributed by atoms with E-state index in [0.29, 0.717) is 18.7 Å². The van der Waals surface area contributed by atoms with Crippen LogP contribution in [0.15, 0.2) is 4.79 Å². The van der Waals surface area contributed by atoms with Crippen molar-refractivity contribution in [3.8, 4) is 0 Å². The van der Waals surface area contributed by atoms with Gasteiger partial charge in [0.25, 0.3) is 5.56 Å². The number of fused-ring (bicyclic) bond motifs is 1. The number of nitrogens with two attached hydrogens (primary N) is 1. The van der Waals surface area contributed by atoms with E-state index >= 15 is 0 Å². The SMILES string of the molecule is Nc1nc2nc(CCCOCP(=O)(O)O)[nH]c2c(=O)[nH]1. The highest BCUT2D eigenvalue weighted by atomic mass is 31.2. The molecule has 0 unspecified atom stereocenters. The lowest BCUT2D eigenvalue weighted by atomic mass is 10.3. The third-order valence-electron chi connectivity index (χ3n) is 2.39. The van der Waals surface area contributed by atoms with Crippen molar-refractivity contribution >= 4 is 24.7 Å². The minimum atomic E-state index is -4.13. The molecule has 2 rings (SSSR count). The van der Waals surface area contributed by atoms with Gasteiger partial charge in [-0.25, -0.2) is 4.98 Å². The van der Waals surface area contributed by atoms with E-state index in [2.05, 4.69) is 19.9 Å². The summed E-state index contributed by atoms with van der Waals surface area (Å²) < 4.78 is 15.4. The fraction of sp³-hybridized carbons (Fsp3) is 0.444. The van der Waals surface area contributed by atoms with Crippen molar-refractivity contribution in [1.29, 1.82) is 0 Å². The van der Waals surface area contributed by atoms with Gasteiger partial charge in [0, 0.05) is 13.0 Å².